The fourth-order valence-corrected chi connectivity index (χ4v) is 6.09. The van der Waals surface area contributed by atoms with Crippen molar-refractivity contribution in [3.63, 3.8) is 0 Å². The van der Waals surface area contributed by atoms with E-state index >= 15 is 0 Å². The highest BCUT2D eigenvalue weighted by molar-refractivity contribution is 7.79. The van der Waals surface area contributed by atoms with E-state index in [4.69, 9.17) is 0 Å². The molecule has 0 N–H and O–H groups in total. The molecule has 1 atom stereocenters. The third-order valence-electron chi connectivity index (χ3n) is 4.14. The first-order valence-electron chi connectivity index (χ1n) is 7.50. The van der Waals surface area contributed by atoms with Gasteiger partial charge < -0.3 is 4.57 Å². The quantitative estimate of drug-likeness (QED) is 0.575. The summed E-state index contributed by atoms with van der Waals surface area (Å²) in [6.45, 7) is 6.27. The maximum absolute atomic E-state index is 14.0. The van der Waals surface area contributed by atoms with Gasteiger partial charge >= 0.3 is 0 Å². The normalized spacial score (nSPS) is 14.0. The summed E-state index contributed by atoms with van der Waals surface area (Å²) in [4.78, 5) is 0. The number of rotatable bonds is 5. The third-order valence-corrected chi connectivity index (χ3v) is 7.69. The Hall–Kier alpha value is -1.59. The van der Waals surface area contributed by atoms with Crippen LogP contribution in [0.5, 0.6) is 0 Å². The first-order chi connectivity index (χ1) is 10.1. The zero-order valence-electron chi connectivity index (χ0n) is 13.0. The molecule has 0 spiro atoms. The lowest BCUT2D eigenvalue weighted by Crippen LogP contribution is -2.25. The van der Waals surface area contributed by atoms with Gasteiger partial charge in [0, 0.05) is 16.3 Å². The minimum Gasteiger partial charge on any atom is -0.313 e. The first kappa shape index (κ1) is 15.8. The fourth-order valence-electron chi connectivity index (χ4n) is 2.87. The van der Waals surface area contributed by atoms with Crippen molar-refractivity contribution >= 4 is 17.8 Å². The predicted molar refractivity (Wildman–Crippen MR) is 93.3 cm³/mol. The molecule has 0 aliphatic rings. The molecule has 2 heteroatoms. The van der Waals surface area contributed by atoms with Crippen molar-refractivity contribution in [1.29, 1.82) is 0 Å². The van der Waals surface area contributed by atoms with Gasteiger partial charge in [-0.15, -0.1) is 0 Å². The van der Waals surface area contributed by atoms with Crippen LogP contribution in [0.3, 0.4) is 0 Å². The lowest BCUT2D eigenvalue weighted by Gasteiger charge is -2.27. The molecule has 0 aliphatic heterocycles. The van der Waals surface area contributed by atoms with Crippen LogP contribution in [0.25, 0.3) is 0 Å². The average molecular weight is 298 g/mol. The summed E-state index contributed by atoms with van der Waals surface area (Å²) in [5.74, 6) is 0. The second-order valence-corrected chi connectivity index (χ2v) is 8.35. The molecule has 0 aromatic heterocycles. The van der Waals surface area contributed by atoms with Gasteiger partial charge in [-0.05, 0) is 13.3 Å². The fraction of sp³-hybridized carbons (Fsp3) is 0.263. The van der Waals surface area contributed by atoms with E-state index in [9.17, 15) is 4.57 Å². The van der Waals surface area contributed by atoms with Gasteiger partial charge in [0.25, 0.3) is 0 Å². The van der Waals surface area contributed by atoms with Crippen LogP contribution in [-0.4, -0.2) is 5.66 Å². The van der Waals surface area contributed by atoms with E-state index in [1.807, 2.05) is 67.6 Å². The molecule has 0 heterocycles. The lowest BCUT2D eigenvalue weighted by molar-refractivity contribution is 0.582. The van der Waals surface area contributed by atoms with E-state index in [-0.39, 0.29) is 5.66 Å². The topological polar surface area (TPSA) is 17.1 Å². The molecule has 0 fully saturated rings. The van der Waals surface area contributed by atoms with E-state index in [1.165, 1.54) is 5.57 Å². The maximum Gasteiger partial charge on any atom is 0.149 e. The van der Waals surface area contributed by atoms with Crippen molar-refractivity contribution in [3.8, 4) is 0 Å². The summed E-state index contributed by atoms with van der Waals surface area (Å²) in [6, 6.07) is 19.8. The van der Waals surface area contributed by atoms with Crippen LogP contribution in [0.15, 0.2) is 72.3 Å². The van der Waals surface area contributed by atoms with Gasteiger partial charge in [-0.3, -0.25) is 0 Å². The Morgan fingerprint density at radius 1 is 1.00 bits per heavy atom. The highest BCUT2D eigenvalue weighted by Gasteiger charge is 2.34. The Balaban J connectivity index is 2.64. The predicted octanol–water partition coefficient (Wildman–Crippen LogP) is 4.75. The Labute approximate surface area is 128 Å². The number of benzene rings is 2. The average Bonchev–Trinajstić information content (AvgIpc) is 2.56. The van der Waals surface area contributed by atoms with Gasteiger partial charge in [-0.2, -0.15) is 0 Å². The Bertz CT molecular complexity index is 600. The molecule has 110 valence electrons. The van der Waals surface area contributed by atoms with Gasteiger partial charge in [0.15, 0.2) is 0 Å². The number of allylic oxidation sites excluding steroid dienone is 2. The molecule has 0 aliphatic carbocycles. The molecule has 1 nitrogen and oxygen atoms in total. The van der Waals surface area contributed by atoms with Crippen LogP contribution in [0.1, 0.15) is 27.2 Å². The van der Waals surface area contributed by atoms with Crippen molar-refractivity contribution in [2.75, 3.05) is 0 Å². The Morgan fingerprint density at radius 2 is 1.43 bits per heavy atom. The summed E-state index contributed by atoms with van der Waals surface area (Å²) in [5, 5.41) is 1.88. The summed E-state index contributed by atoms with van der Waals surface area (Å²) in [5.41, 5.74) is 1.28. The molecule has 2 aromatic rings. The Kier molecular flexibility index (Phi) is 5.20. The highest BCUT2D eigenvalue weighted by atomic mass is 31.2. The minimum atomic E-state index is -2.67. The second-order valence-electron chi connectivity index (χ2n) is 5.22. The van der Waals surface area contributed by atoms with Gasteiger partial charge in [0.2, 0.25) is 0 Å². The summed E-state index contributed by atoms with van der Waals surface area (Å²) >= 11 is 0. The van der Waals surface area contributed by atoms with Crippen molar-refractivity contribution in [3.05, 3.63) is 72.3 Å². The van der Waals surface area contributed by atoms with E-state index in [2.05, 4.69) is 19.9 Å². The van der Waals surface area contributed by atoms with Crippen molar-refractivity contribution in [2.45, 2.75) is 32.9 Å². The molecular formula is C19H23OP. The van der Waals surface area contributed by atoms with Crippen molar-refractivity contribution < 1.29 is 4.57 Å². The molecule has 2 rings (SSSR count). The van der Waals surface area contributed by atoms with Crippen LogP contribution in [0.4, 0.5) is 0 Å². The maximum atomic E-state index is 14.0. The smallest absolute Gasteiger partial charge is 0.149 e. The summed E-state index contributed by atoms with van der Waals surface area (Å²) < 4.78 is 14.0. The van der Waals surface area contributed by atoms with Gasteiger partial charge in [-0.25, -0.2) is 0 Å². The zero-order chi connectivity index (χ0) is 15.3. The molecule has 0 saturated carbocycles. The second kappa shape index (κ2) is 6.91. The minimum absolute atomic E-state index is 0.0253. The number of hydrogen-bond acceptors (Lipinski definition) is 1. The van der Waals surface area contributed by atoms with Gasteiger partial charge in [-0.1, -0.05) is 86.2 Å². The molecule has 0 amide bonds. The first-order valence-corrected chi connectivity index (χ1v) is 9.28. The molecule has 2 aromatic carbocycles. The van der Waals surface area contributed by atoms with Crippen LogP contribution in [0.2, 0.25) is 0 Å². The monoisotopic (exact) mass is 298 g/mol. The molecule has 0 saturated heterocycles. The van der Waals surface area contributed by atoms with E-state index < -0.39 is 7.14 Å². The zero-order valence-corrected chi connectivity index (χ0v) is 13.9. The SMILES string of the molecule is C/C=C(\CC)C(C)P(=O)(c1ccccc1)c1ccccc1. The van der Waals surface area contributed by atoms with Crippen LogP contribution >= 0.6 is 7.14 Å². The van der Waals surface area contributed by atoms with Crippen molar-refractivity contribution in [2.24, 2.45) is 0 Å². The van der Waals surface area contributed by atoms with Gasteiger partial charge in [0.05, 0.1) is 0 Å². The molecule has 21 heavy (non-hydrogen) atoms. The van der Waals surface area contributed by atoms with Crippen LogP contribution in [0, 0.1) is 0 Å². The standard InChI is InChI=1S/C19H23OP/c1-4-17(5-2)16(3)21(20,18-12-8-6-9-13-18)19-14-10-7-11-15-19/h4,6-16H,5H2,1-3H3/b17-4+. The van der Waals surface area contributed by atoms with Crippen LogP contribution in [-0.2, 0) is 4.57 Å². The lowest BCUT2D eigenvalue weighted by atomic mass is 10.1. The highest BCUT2D eigenvalue weighted by Crippen LogP contribution is 2.51. The summed E-state index contributed by atoms with van der Waals surface area (Å²) in [6.07, 6.45) is 3.05. The third kappa shape index (κ3) is 3.04. The van der Waals surface area contributed by atoms with Crippen molar-refractivity contribution in [1.82, 2.24) is 0 Å². The molecule has 1 unspecified atom stereocenters. The Morgan fingerprint density at radius 3 is 1.76 bits per heavy atom. The largest absolute Gasteiger partial charge is 0.313 e. The number of hydrogen-bond donors (Lipinski definition) is 0. The van der Waals surface area contributed by atoms with E-state index in [0.717, 1.165) is 17.0 Å². The molecular weight excluding hydrogens is 275 g/mol. The molecule has 0 radical (unpaired) electrons. The molecule has 0 bridgehead atoms. The van der Waals surface area contributed by atoms with E-state index in [0.29, 0.717) is 0 Å². The van der Waals surface area contributed by atoms with E-state index in [1.54, 1.807) is 0 Å². The van der Waals surface area contributed by atoms with Gasteiger partial charge in [0.1, 0.15) is 7.14 Å². The summed E-state index contributed by atoms with van der Waals surface area (Å²) in [7, 11) is -2.67. The van der Waals surface area contributed by atoms with Crippen LogP contribution < -0.4 is 10.6 Å².